The highest BCUT2D eigenvalue weighted by atomic mass is 16.5. The van der Waals surface area contributed by atoms with Crippen molar-refractivity contribution in [2.24, 2.45) is 11.8 Å². The average Bonchev–Trinajstić information content (AvgIpc) is 2.69. The Hall–Kier alpha value is -1.80. The van der Waals surface area contributed by atoms with Gasteiger partial charge in [0, 0.05) is 32.4 Å². The van der Waals surface area contributed by atoms with E-state index in [1.54, 1.807) is 14.2 Å². The lowest BCUT2D eigenvalue weighted by molar-refractivity contribution is -0.150. The lowest BCUT2D eigenvalue weighted by Crippen LogP contribution is -2.64. The molecule has 3 rings (SSSR count). The van der Waals surface area contributed by atoms with Gasteiger partial charge in [0.25, 0.3) is 0 Å². The van der Waals surface area contributed by atoms with Gasteiger partial charge in [0.15, 0.2) is 0 Å². The summed E-state index contributed by atoms with van der Waals surface area (Å²) in [6.45, 7) is 0. The predicted octanol–water partition coefficient (Wildman–Crippen LogP) is 0.324. The predicted molar refractivity (Wildman–Crippen MR) is 91.9 cm³/mol. The van der Waals surface area contributed by atoms with E-state index in [0.29, 0.717) is 25.7 Å². The zero-order chi connectivity index (χ0) is 18.8. The SMILES string of the molecule is COC(=O)C1CC2=C(NC3CC(C(=O)OC)CC(OC)C3N2)C(OC)C1. The molecule has 2 N–H and O–H groups in total. The molecule has 6 unspecified atom stereocenters. The molecule has 146 valence electrons. The molecule has 2 aliphatic carbocycles. The van der Waals surface area contributed by atoms with Crippen LogP contribution in [0.25, 0.3) is 0 Å². The maximum absolute atomic E-state index is 12.0. The number of esters is 2. The van der Waals surface area contributed by atoms with Crippen LogP contribution in [0.15, 0.2) is 11.4 Å². The van der Waals surface area contributed by atoms with E-state index in [1.165, 1.54) is 14.2 Å². The van der Waals surface area contributed by atoms with Gasteiger partial charge in [-0.05, 0) is 19.3 Å². The molecule has 0 spiro atoms. The molecule has 1 saturated carbocycles. The zero-order valence-corrected chi connectivity index (χ0v) is 15.7. The molecule has 26 heavy (non-hydrogen) atoms. The van der Waals surface area contributed by atoms with Gasteiger partial charge in [-0.3, -0.25) is 9.59 Å². The van der Waals surface area contributed by atoms with Crippen LogP contribution < -0.4 is 10.6 Å². The highest BCUT2D eigenvalue weighted by molar-refractivity contribution is 5.73. The van der Waals surface area contributed by atoms with Gasteiger partial charge in [-0.1, -0.05) is 0 Å². The first kappa shape index (κ1) is 19.0. The summed E-state index contributed by atoms with van der Waals surface area (Å²) in [5, 5.41) is 7.12. The number of fused-ring (bicyclic) bond motifs is 1. The Kier molecular flexibility index (Phi) is 5.72. The minimum atomic E-state index is -0.234. The van der Waals surface area contributed by atoms with Crippen LogP contribution in [0.1, 0.15) is 25.7 Å². The lowest BCUT2D eigenvalue weighted by atomic mass is 9.77. The number of hydrogen-bond donors (Lipinski definition) is 2. The number of nitrogens with one attached hydrogen (secondary N) is 2. The number of carbonyl (C=O) groups is 2. The zero-order valence-electron chi connectivity index (χ0n) is 15.7. The van der Waals surface area contributed by atoms with E-state index < -0.39 is 0 Å². The summed E-state index contributed by atoms with van der Waals surface area (Å²) >= 11 is 0. The number of hydrogen-bond acceptors (Lipinski definition) is 8. The highest BCUT2D eigenvalue weighted by Crippen LogP contribution is 2.37. The Labute approximate surface area is 153 Å². The normalized spacial score (nSPS) is 36.2. The largest absolute Gasteiger partial charge is 0.469 e. The molecule has 3 aliphatic rings. The number of allylic oxidation sites excluding steroid dienone is 1. The third kappa shape index (κ3) is 3.40. The second kappa shape index (κ2) is 7.84. The van der Waals surface area contributed by atoms with Crippen LogP contribution in [0.2, 0.25) is 0 Å². The molecule has 0 saturated heterocycles. The van der Waals surface area contributed by atoms with Gasteiger partial charge >= 0.3 is 11.9 Å². The molecule has 6 atom stereocenters. The van der Waals surface area contributed by atoms with Gasteiger partial charge < -0.3 is 29.6 Å². The molecule has 0 aromatic rings. The van der Waals surface area contributed by atoms with Gasteiger partial charge in [0.2, 0.25) is 0 Å². The molecule has 0 bridgehead atoms. The Bertz CT molecular complexity index is 592. The van der Waals surface area contributed by atoms with Gasteiger partial charge in [0.05, 0.1) is 50.0 Å². The Balaban J connectivity index is 1.84. The fourth-order valence-electron chi connectivity index (χ4n) is 4.47. The Morgan fingerprint density at radius 3 is 2.19 bits per heavy atom. The van der Waals surface area contributed by atoms with E-state index in [2.05, 4.69) is 10.6 Å². The van der Waals surface area contributed by atoms with Crippen LogP contribution in [0.5, 0.6) is 0 Å². The fourth-order valence-corrected chi connectivity index (χ4v) is 4.47. The summed E-state index contributed by atoms with van der Waals surface area (Å²) in [7, 11) is 6.12. The van der Waals surface area contributed by atoms with Crippen molar-refractivity contribution in [3.05, 3.63) is 11.4 Å². The van der Waals surface area contributed by atoms with Crippen molar-refractivity contribution in [2.75, 3.05) is 28.4 Å². The van der Waals surface area contributed by atoms with Crippen molar-refractivity contribution >= 4 is 11.9 Å². The topological polar surface area (TPSA) is 95.1 Å². The van der Waals surface area contributed by atoms with E-state index in [-0.39, 0.29) is 48.1 Å². The van der Waals surface area contributed by atoms with Gasteiger partial charge in [0.1, 0.15) is 0 Å². The van der Waals surface area contributed by atoms with E-state index in [1.807, 2.05) is 0 Å². The second-order valence-corrected chi connectivity index (χ2v) is 7.16. The molecule has 1 heterocycles. The molecule has 0 amide bonds. The second-order valence-electron chi connectivity index (χ2n) is 7.16. The standard InChI is InChI=1S/C18H28N2O6/c1-23-13-7-9(17(21)25-3)5-11-15(13)19-12-6-10(18(22)26-4)8-14(24-2)16(12)20-11/h9-11,13-15,19-20H,5-8H2,1-4H3. The van der Waals surface area contributed by atoms with Crippen LogP contribution in [-0.2, 0) is 28.5 Å². The molecule has 8 nitrogen and oxygen atoms in total. The third-order valence-corrected chi connectivity index (χ3v) is 5.82. The average molecular weight is 368 g/mol. The van der Waals surface area contributed by atoms with Crippen LogP contribution in [-0.4, -0.2) is 64.7 Å². The summed E-state index contributed by atoms with van der Waals surface area (Å²) in [5.41, 5.74) is 1.94. The Morgan fingerprint density at radius 1 is 0.885 bits per heavy atom. The van der Waals surface area contributed by atoms with E-state index in [0.717, 1.165) is 11.4 Å². The van der Waals surface area contributed by atoms with E-state index in [4.69, 9.17) is 18.9 Å². The van der Waals surface area contributed by atoms with E-state index in [9.17, 15) is 9.59 Å². The van der Waals surface area contributed by atoms with Crippen LogP contribution >= 0.6 is 0 Å². The van der Waals surface area contributed by atoms with Crippen molar-refractivity contribution in [1.29, 1.82) is 0 Å². The summed E-state index contributed by atoms with van der Waals surface area (Å²) in [6, 6.07) is 0.0532. The summed E-state index contributed by atoms with van der Waals surface area (Å²) < 4.78 is 21.1. The summed E-state index contributed by atoms with van der Waals surface area (Å²) in [4.78, 5) is 24.1. The van der Waals surface area contributed by atoms with Crippen molar-refractivity contribution in [1.82, 2.24) is 10.6 Å². The first-order valence-electron chi connectivity index (χ1n) is 8.99. The minimum absolute atomic E-state index is 0.0218. The monoisotopic (exact) mass is 368 g/mol. The number of methoxy groups -OCH3 is 4. The molecular weight excluding hydrogens is 340 g/mol. The summed E-state index contributed by atoms with van der Waals surface area (Å²) in [6.07, 6.45) is 2.08. The van der Waals surface area contributed by atoms with Crippen LogP contribution in [0.4, 0.5) is 0 Å². The molecule has 0 radical (unpaired) electrons. The van der Waals surface area contributed by atoms with E-state index >= 15 is 0 Å². The van der Waals surface area contributed by atoms with Crippen LogP contribution in [0, 0.1) is 11.8 Å². The number of rotatable bonds is 4. The van der Waals surface area contributed by atoms with Crippen molar-refractivity contribution in [2.45, 2.75) is 50.0 Å². The fraction of sp³-hybridized carbons (Fsp3) is 0.778. The smallest absolute Gasteiger partial charge is 0.309 e. The molecular formula is C18H28N2O6. The van der Waals surface area contributed by atoms with Crippen molar-refractivity contribution < 1.29 is 28.5 Å². The van der Waals surface area contributed by atoms with Crippen molar-refractivity contribution in [3.8, 4) is 0 Å². The Morgan fingerprint density at radius 2 is 1.58 bits per heavy atom. The third-order valence-electron chi connectivity index (χ3n) is 5.82. The number of carbonyl (C=O) groups excluding carboxylic acids is 2. The molecule has 1 fully saturated rings. The first-order chi connectivity index (χ1) is 12.5. The van der Waals surface area contributed by atoms with Gasteiger partial charge in [-0.15, -0.1) is 0 Å². The van der Waals surface area contributed by atoms with Gasteiger partial charge in [-0.2, -0.15) is 0 Å². The number of ether oxygens (including phenoxy) is 4. The summed E-state index contributed by atoms with van der Waals surface area (Å²) in [5.74, 6) is -0.859. The highest BCUT2D eigenvalue weighted by Gasteiger charge is 2.46. The maximum atomic E-state index is 12.0. The van der Waals surface area contributed by atoms with Crippen LogP contribution in [0.3, 0.4) is 0 Å². The molecule has 0 aromatic carbocycles. The van der Waals surface area contributed by atoms with Gasteiger partial charge in [-0.25, -0.2) is 0 Å². The first-order valence-corrected chi connectivity index (χ1v) is 8.99. The lowest BCUT2D eigenvalue weighted by Gasteiger charge is -2.48. The quantitative estimate of drug-likeness (QED) is 0.686. The molecule has 0 aromatic heterocycles. The molecule has 1 aliphatic heterocycles. The maximum Gasteiger partial charge on any atom is 0.309 e. The molecule has 8 heteroatoms. The minimum Gasteiger partial charge on any atom is -0.469 e. The van der Waals surface area contributed by atoms with Crippen molar-refractivity contribution in [3.63, 3.8) is 0 Å².